The van der Waals surface area contributed by atoms with E-state index in [1.54, 1.807) is 6.20 Å². The fourth-order valence-electron chi connectivity index (χ4n) is 2.02. The third-order valence-corrected chi connectivity index (χ3v) is 4.82. The summed E-state index contributed by atoms with van der Waals surface area (Å²) in [5.41, 5.74) is 1.37. The number of carbonyl (C=O) groups is 1. The molecule has 1 aromatic carbocycles. The van der Waals surface area contributed by atoms with Crippen molar-refractivity contribution in [2.75, 3.05) is 26.3 Å². The normalized spacial score (nSPS) is 11.0. The Hall–Kier alpha value is -0.890. The smallest absolute Gasteiger partial charge is 0.256 e. The molecular formula is C13H14Br2N2O3. The summed E-state index contributed by atoms with van der Waals surface area (Å²) in [5, 5.41) is 18.8. The largest absolute Gasteiger partial charge is 0.395 e. The average molecular weight is 406 g/mol. The number of carbonyl (C=O) groups excluding carboxylic acids is 1. The number of benzene rings is 1. The fourth-order valence-corrected chi connectivity index (χ4v) is 2.71. The lowest BCUT2D eigenvalue weighted by Crippen LogP contribution is -2.35. The maximum absolute atomic E-state index is 12.5. The van der Waals surface area contributed by atoms with Crippen LogP contribution >= 0.6 is 31.9 Å². The van der Waals surface area contributed by atoms with Crippen molar-refractivity contribution < 1.29 is 15.0 Å². The Bertz CT molecular complexity index is 621. The topological polar surface area (TPSA) is 76.6 Å². The number of halogens is 2. The van der Waals surface area contributed by atoms with Gasteiger partial charge in [0, 0.05) is 39.1 Å². The molecule has 1 heterocycles. The molecule has 7 heteroatoms. The van der Waals surface area contributed by atoms with E-state index >= 15 is 0 Å². The summed E-state index contributed by atoms with van der Waals surface area (Å²) in [6, 6.07) is 3.75. The van der Waals surface area contributed by atoms with Crippen molar-refractivity contribution in [3.05, 3.63) is 32.8 Å². The summed E-state index contributed by atoms with van der Waals surface area (Å²) in [6.45, 7) is 0.125. The minimum atomic E-state index is -0.214. The molecule has 2 aromatic rings. The standard InChI is InChI=1S/C13H14Br2N2O3/c14-10-5-8-9(7-16-12(8)6-11(10)15)13(20)17(1-3-18)2-4-19/h5-7,16,18-19H,1-4H2. The first-order valence-corrected chi connectivity index (χ1v) is 7.64. The van der Waals surface area contributed by atoms with E-state index < -0.39 is 0 Å². The van der Waals surface area contributed by atoms with Crippen LogP contribution in [0.4, 0.5) is 0 Å². The zero-order valence-electron chi connectivity index (χ0n) is 10.6. The minimum absolute atomic E-state index is 0.136. The molecule has 0 saturated heterocycles. The molecule has 0 aliphatic rings. The number of rotatable bonds is 5. The number of aromatic amines is 1. The van der Waals surface area contributed by atoms with Crippen LogP contribution in [0.5, 0.6) is 0 Å². The number of hydrogen-bond donors (Lipinski definition) is 3. The summed E-state index contributed by atoms with van der Waals surface area (Å²) >= 11 is 6.83. The van der Waals surface area contributed by atoms with Gasteiger partial charge < -0.3 is 20.1 Å². The number of aromatic nitrogens is 1. The van der Waals surface area contributed by atoms with E-state index in [1.165, 1.54) is 4.90 Å². The van der Waals surface area contributed by atoms with Gasteiger partial charge in [-0.25, -0.2) is 0 Å². The zero-order valence-corrected chi connectivity index (χ0v) is 13.7. The number of nitrogens with one attached hydrogen (secondary N) is 1. The highest BCUT2D eigenvalue weighted by atomic mass is 79.9. The summed E-state index contributed by atoms with van der Waals surface area (Å²) in [6.07, 6.45) is 1.65. The summed E-state index contributed by atoms with van der Waals surface area (Å²) in [4.78, 5) is 16.9. The lowest BCUT2D eigenvalue weighted by Gasteiger charge is -2.20. The van der Waals surface area contributed by atoms with Gasteiger partial charge in [0.2, 0.25) is 0 Å². The second-order valence-electron chi connectivity index (χ2n) is 4.25. The fraction of sp³-hybridized carbons (Fsp3) is 0.308. The average Bonchev–Trinajstić information content (AvgIpc) is 2.81. The van der Waals surface area contributed by atoms with Crippen LogP contribution in [-0.4, -0.2) is 52.3 Å². The van der Waals surface area contributed by atoms with Crippen LogP contribution in [0.3, 0.4) is 0 Å². The van der Waals surface area contributed by atoms with Gasteiger partial charge in [0.25, 0.3) is 5.91 Å². The van der Waals surface area contributed by atoms with Crippen molar-refractivity contribution in [3.63, 3.8) is 0 Å². The van der Waals surface area contributed by atoms with Crippen LogP contribution in [0.25, 0.3) is 10.9 Å². The van der Waals surface area contributed by atoms with Crippen LogP contribution in [0, 0.1) is 0 Å². The molecule has 108 valence electrons. The lowest BCUT2D eigenvalue weighted by atomic mass is 10.1. The maximum atomic E-state index is 12.5. The van der Waals surface area contributed by atoms with Crippen molar-refractivity contribution in [3.8, 4) is 0 Å². The van der Waals surface area contributed by atoms with E-state index in [0.29, 0.717) is 5.56 Å². The molecule has 0 spiro atoms. The monoisotopic (exact) mass is 404 g/mol. The van der Waals surface area contributed by atoms with E-state index in [1.807, 2.05) is 12.1 Å². The highest BCUT2D eigenvalue weighted by molar-refractivity contribution is 9.13. The zero-order chi connectivity index (χ0) is 14.7. The molecule has 0 saturated carbocycles. The quantitative estimate of drug-likeness (QED) is 0.713. The second kappa shape index (κ2) is 6.71. The van der Waals surface area contributed by atoms with Crippen LogP contribution in [0.15, 0.2) is 27.3 Å². The van der Waals surface area contributed by atoms with Gasteiger partial charge in [0.1, 0.15) is 0 Å². The second-order valence-corrected chi connectivity index (χ2v) is 5.96. The first kappa shape index (κ1) is 15.5. The number of amides is 1. The molecule has 1 aromatic heterocycles. The van der Waals surface area contributed by atoms with Crippen LogP contribution in [0.1, 0.15) is 10.4 Å². The van der Waals surface area contributed by atoms with Crippen molar-refractivity contribution in [1.29, 1.82) is 0 Å². The van der Waals surface area contributed by atoms with Gasteiger partial charge in [-0.15, -0.1) is 0 Å². The molecular weight excluding hydrogens is 392 g/mol. The summed E-state index contributed by atoms with van der Waals surface area (Å²) in [7, 11) is 0. The van der Waals surface area contributed by atoms with E-state index in [-0.39, 0.29) is 32.2 Å². The minimum Gasteiger partial charge on any atom is -0.395 e. The van der Waals surface area contributed by atoms with Crippen LogP contribution < -0.4 is 0 Å². The summed E-state index contributed by atoms with van der Waals surface area (Å²) < 4.78 is 1.75. The molecule has 5 nitrogen and oxygen atoms in total. The first-order valence-electron chi connectivity index (χ1n) is 6.05. The number of hydrogen-bond acceptors (Lipinski definition) is 3. The Morgan fingerprint density at radius 2 is 1.75 bits per heavy atom. The predicted molar refractivity (Wildman–Crippen MR) is 83.8 cm³/mol. The van der Waals surface area contributed by atoms with Gasteiger partial charge in [-0.2, -0.15) is 0 Å². The Balaban J connectivity index is 2.41. The number of aliphatic hydroxyl groups excluding tert-OH is 2. The van der Waals surface area contributed by atoms with Crippen LogP contribution in [-0.2, 0) is 0 Å². The number of fused-ring (bicyclic) bond motifs is 1. The van der Waals surface area contributed by atoms with E-state index in [4.69, 9.17) is 10.2 Å². The van der Waals surface area contributed by atoms with Gasteiger partial charge >= 0.3 is 0 Å². The molecule has 0 aliphatic carbocycles. The van der Waals surface area contributed by atoms with Crippen LogP contribution in [0.2, 0.25) is 0 Å². The summed E-state index contributed by atoms with van der Waals surface area (Å²) in [5.74, 6) is -0.214. The maximum Gasteiger partial charge on any atom is 0.256 e. The Labute approximate surface area is 132 Å². The van der Waals surface area contributed by atoms with E-state index in [9.17, 15) is 4.79 Å². The molecule has 1 amide bonds. The molecule has 20 heavy (non-hydrogen) atoms. The van der Waals surface area contributed by atoms with Gasteiger partial charge in [-0.3, -0.25) is 4.79 Å². The van der Waals surface area contributed by atoms with Gasteiger partial charge in [0.15, 0.2) is 0 Å². The number of H-pyrrole nitrogens is 1. The SMILES string of the molecule is O=C(c1c[nH]c2cc(Br)c(Br)cc12)N(CCO)CCO. The van der Waals surface area contributed by atoms with E-state index in [0.717, 1.165) is 19.8 Å². The lowest BCUT2D eigenvalue weighted by molar-refractivity contribution is 0.0687. The molecule has 2 rings (SSSR count). The van der Waals surface area contributed by atoms with Gasteiger partial charge in [-0.1, -0.05) is 0 Å². The van der Waals surface area contributed by atoms with Crippen molar-refractivity contribution >= 4 is 48.7 Å². The first-order chi connectivity index (χ1) is 9.58. The molecule has 0 fully saturated rings. The highest BCUT2D eigenvalue weighted by Crippen LogP contribution is 2.30. The molecule has 0 unspecified atom stereocenters. The van der Waals surface area contributed by atoms with Gasteiger partial charge in [0.05, 0.1) is 18.8 Å². The van der Waals surface area contributed by atoms with Gasteiger partial charge in [-0.05, 0) is 44.0 Å². The molecule has 0 radical (unpaired) electrons. The number of aliphatic hydroxyl groups is 2. The third kappa shape index (κ3) is 3.06. The molecule has 0 atom stereocenters. The highest BCUT2D eigenvalue weighted by Gasteiger charge is 2.19. The van der Waals surface area contributed by atoms with Crippen molar-refractivity contribution in [2.45, 2.75) is 0 Å². The third-order valence-electron chi connectivity index (χ3n) is 2.98. The molecule has 3 N–H and O–H groups in total. The molecule has 0 bridgehead atoms. The van der Waals surface area contributed by atoms with Crippen molar-refractivity contribution in [1.82, 2.24) is 9.88 Å². The predicted octanol–water partition coefficient (Wildman–Crippen LogP) is 2.12. The van der Waals surface area contributed by atoms with Crippen molar-refractivity contribution in [2.24, 2.45) is 0 Å². The van der Waals surface area contributed by atoms with E-state index in [2.05, 4.69) is 36.8 Å². The Kier molecular flexibility index (Phi) is 5.20. The number of nitrogens with zero attached hydrogens (tertiary/aromatic N) is 1. The molecule has 0 aliphatic heterocycles. The Morgan fingerprint density at radius 3 is 2.35 bits per heavy atom. The Morgan fingerprint density at radius 1 is 1.15 bits per heavy atom.